The molecule has 0 bridgehead atoms. The first-order valence-electron chi connectivity index (χ1n) is 5.90. The van der Waals surface area contributed by atoms with E-state index in [0.717, 1.165) is 0 Å². The molecule has 1 aliphatic heterocycles. The number of allylic oxidation sites excluding steroid dienone is 1. The van der Waals surface area contributed by atoms with E-state index in [0.29, 0.717) is 12.1 Å². The summed E-state index contributed by atoms with van der Waals surface area (Å²) in [6.45, 7) is -1.06. The van der Waals surface area contributed by atoms with Crippen molar-refractivity contribution in [2.75, 3.05) is 6.61 Å². The van der Waals surface area contributed by atoms with Gasteiger partial charge in [0.1, 0.15) is 5.02 Å². The van der Waals surface area contributed by atoms with Gasteiger partial charge < -0.3 is 9.64 Å². The second kappa shape index (κ2) is 6.31. The van der Waals surface area contributed by atoms with Gasteiger partial charge in [-0.25, -0.2) is 4.98 Å². The van der Waals surface area contributed by atoms with Gasteiger partial charge in [0, 0.05) is 25.2 Å². The molecule has 0 fully saturated rings. The van der Waals surface area contributed by atoms with Crippen LogP contribution in [0.15, 0.2) is 29.5 Å². The first kappa shape index (κ1) is 15.6. The van der Waals surface area contributed by atoms with Gasteiger partial charge in [0.15, 0.2) is 12.9 Å². The Balaban J connectivity index is 2.02. The van der Waals surface area contributed by atoms with E-state index in [2.05, 4.69) is 14.7 Å². The van der Waals surface area contributed by atoms with Crippen molar-refractivity contribution < 1.29 is 17.9 Å². The lowest BCUT2D eigenvalue weighted by atomic mass is 10.2. The van der Waals surface area contributed by atoms with E-state index in [9.17, 15) is 13.2 Å². The maximum absolute atomic E-state index is 12.1. The van der Waals surface area contributed by atoms with Crippen LogP contribution < -0.4 is 10.5 Å². The molecule has 114 valence electrons. The molecule has 0 saturated carbocycles. The number of hydrogen-bond acceptors (Lipinski definition) is 5. The van der Waals surface area contributed by atoms with E-state index in [1.165, 1.54) is 12.3 Å². The minimum atomic E-state index is -4.44. The zero-order chi connectivity index (χ0) is 15.5. The number of pyridine rings is 1. The maximum atomic E-state index is 12.1. The molecule has 0 aliphatic carbocycles. The van der Waals surface area contributed by atoms with Crippen molar-refractivity contribution in [1.82, 2.24) is 9.88 Å². The number of halogens is 4. The fraction of sp³-hybridized carbons (Fsp3) is 0.333. The van der Waals surface area contributed by atoms with Crippen LogP contribution in [0.5, 0.6) is 5.88 Å². The molecular weight excluding hydrogens is 309 g/mol. The number of ether oxygens (including phenoxy) is 1. The molecule has 1 aliphatic rings. The molecular formula is C12H12ClF3N4O. The SMILES string of the molecule is NC1N=CC=CN1Cc1cnc(OCC(F)(F)F)c(Cl)c1. The molecule has 2 N–H and O–H groups in total. The number of aliphatic imine (C=N–C) groups is 1. The molecule has 2 heterocycles. The molecule has 0 amide bonds. The van der Waals surface area contributed by atoms with Crippen molar-refractivity contribution in [3.05, 3.63) is 35.1 Å². The van der Waals surface area contributed by atoms with Crippen molar-refractivity contribution in [2.45, 2.75) is 19.0 Å². The Kier molecular flexibility index (Phi) is 4.69. The Morgan fingerprint density at radius 1 is 1.43 bits per heavy atom. The summed E-state index contributed by atoms with van der Waals surface area (Å²) in [5.74, 6) is -0.255. The molecule has 9 heteroatoms. The first-order valence-corrected chi connectivity index (χ1v) is 6.28. The summed E-state index contributed by atoms with van der Waals surface area (Å²) in [4.78, 5) is 9.51. The molecule has 0 radical (unpaired) electrons. The quantitative estimate of drug-likeness (QED) is 0.924. The lowest BCUT2D eigenvalue weighted by Gasteiger charge is -2.26. The Bertz CT molecular complexity index is 562. The number of alkyl halides is 3. The van der Waals surface area contributed by atoms with Gasteiger partial charge in [-0.05, 0) is 17.7 Å². The highest BCUT2D eigenvalue weighted by atomic mass is 35.5. The van der Waals surface area contributed by atoms with E-state index < -0.39 is 19.1 Å². The number of nitrogens with zero attached hydrogens (tertiary/aromatic N) is 3. The molecule has 0 spiro atoms. The molecule has 21 heavy (non-hydrogen) atoms. The standard InChI is InChI=1S/C12H12ClF3N4O/c13-9-4-8(6-20-3-1-2-18-11(20)17)5-19-10(9)21-7-12(14,15)16/h1-5,11H,6-7,17H2. The third kappa shape index (κ3) is 4.61. The van der Waals surface area contributed by atoms with E-state index in [4.69, 9.17) is 17.3 Å². The van der Waals surface area contributed by atoms with Crippen LogP contribution in [0, 0.1) is 0 Å². The zero-order valence-corrected chi connectivity index (χ0v) is 11.5. The normalized spacial score (nSPS) is 18.1. The predicted molar refractivity (Wildman–Crippen MR) is 71.9 cm³/mol. The van der Waals surface area contributed by atoms with Gasteiger partial charge >= 0.3 is 6.18 Å². The van der Waals surface area contributed by atoms with Crippen molar-refractivity contribution in [3.8, 4) is 5.88 Å². The Morgan fingerprint density at radius 2 is 2.19 bits per heavy atom. The van der Waals surface area contributed by atoms with Crippen LogP contribution in [0.25, 0.3) is 0 Å². The summed E-state index contributed by atoms with van der Waals surface area (Å²) in [6.07, 6.45) is 1.48. The van der Waals surface area contributed by atoms with Crippen molar-refractivity contribution in [1.29, 1.82) is 0 Å². The highest BCUT2D eigenvalue weighted by Crippen LogP contribution is 2.25. The minimum Gasteiger partial charge on any atom is -0.467 e. The molecule has 0 saturated heterocycles. The molecule has 5 nitrogen and oxygen atoms in total. The summed E-state index contributed by atoms with van der Waals surface area (Å²) in [6, 6.07) is 1.49. The zero-order valence-electron chi connectivity index (χ0n) is 10.7. The second-order valence-electron chi connectivity index (χ2n) is 4.26. The highest BCUT2D eigenvalue weighted by molar-refractivity contribution is 6.31. The third-order valence-electron chi connectivity index (χ3n) is 2.54. The van der Waals surface area contributed by atoms with Gasteiger partial charge in [0.25, 0.3) is 0 Å². The number of aromatic nitrogens is 1. The summed E-state index contributed by atoms with van der Waals surface area (Å²) in [5.41, 5.74) is 6.44. The Hall–Kier alpha value is -1.80. The number of nitrogens with two attached hydrogens (primary N) is 1. The highest BCUT2D eigenvalue weighted by Gasteiger charge is 2.29. The number of hydrogen-bond donors (Lipinski definition) is 1. The van der Waals surface area contributed by atoms with Crippen LogP contribution in [0.4, 0.5) is 13.2 Å². The van der Waals surface area contributed by atoms with Gasteiger partial charge in [-0.15, -0.1) is 0 Å². The smallest absolute Gasteiger partial charge is 0.422 e. The molecule has 2 rings (SSSR count). The molecule has 1 aromatic heterocycles. The summed E-state index contributed by atoms with van der Waals surface area (Å²) >= 11 is 5.86. The van der Waals surface area contributed by atoms with Gasteiger partial charge in [0.2, 0.25) is 5.88 Å². The Morgan fingerprint density at radius 3 is 2.81 bits per heavy atom. The van der Waals surface area contributed by atoms with Gasteiger partial charge in [-0.1, -0.05) is 11.6 Å². The van der Waals surface area contributed by atoms with E-state index in [1.807, 2.05) is 0 Å². The van der Waals surface area contributed by atoms with E-state index in [1.54, 1.807) is 23.4 Å². The summed E-state index contributed by atoms with van der Waals surface area (Å²) in [7, 11) is 0. The topological polar surface area (TPSA) is 63.7 Å². The largest absolute Gasteiger partial charge is 0.467 e. The fourth-order valence-electron chi connectivity index (χ4n) is 1.63. The van der Waals surface area contributed by atoms with E-state index in [-0.39, 0.29) is 10.9 Å². The second-order valence-corrected chi connectivity index (χ2v) is 4.67. The van der Waals surface area contributed by atoms with Gasteiger partial charge in [-0.3, -0.25) is 10.7 Å². The molecule has 1 aromatic rings. The van der Waals surface area contributed by atoms with Gasteiger partial charge in [-0.2, -0.15) is 13.2 Å². The van der Waals surface area contributed by atoms with Crippen molar-refractivity contribution in [2.24, 2.45) is 10.7 Å². The lowest BCUT2D eigenvalue weighted by Crippen LogP contribution is -2.37. The average Bonchev–Trinajstić information content (AvgIpc) is 2.39. The average molecular weight is 321 g/mol. The van der Waals surface area contributed by atoms with Crippen LogP contribution in [0.1, 0.15) is 5.56 Å². The van der Waals surface area contributed by atoms with Crippen LogP contribution in [0.2, 0.25) is 5.02 Å². The third-order valence-corrected chi connectivity index (χ3v) is 2.81. The molecule has 1 unspecified atom stereocenters. The van der Waals surface area contributed by atoms with Crippen LogP contribution >= 0.6 is 11.6 Å². The molecule has 1 atom stereocenters. The monoisotopic (exact) mass is 320 g/mol. The van der Waals surface area contributed by atoms with Crippen molar-refractivity contribution >= 4 is 17.8 Å². The van der Waals surface area contributed by atoms with Crippen molar-refractivity contribution in [3.63, 3.8) is 0 Å². The first-order chi connectivity index (χ1) is 9.85. The van der Waals surface area contributed by atoms with Crippen LogP contribution in [-0.4, -0.2) is 35.2 Å². The predicted octanol–water partition coefficient (Wildman–Crippen LogP) is 2.32. The molecule has 0 aromatic carbocycles. The summed E-state index contributed by atoms with van der Waals surface area (Å²) < 4.78 is 40.7. The Labute approximate surface area is 123 Å². The van der Waals surface area contributed by atoms with E-state index >= 15 is 0 Å². The lowest BCUT2D eigenvalue weighted by molar-refractivity contribution is -0.154. The maximum Gasteiger partial charge on any atom is 0.422 e. The van der Waals surface area contributed by atoms with Crippen LogP contribution in [-0.2, 0) is 6.54 Å². The number of rotatable bonds is 4. The fourth-order valence-corrected chi connectivity index (χ4v) is 1.87. The van der Waals surface area contributed by atoms with Crippen LogP contribution in [0.3, 0.4) is 0 Å². The van der Waals surface area contributed by atoms with Gasteiger partial charge in [0.05, 0.1) is 0 Å². The summed E-state index contributed by atoms with van der Waals surface area (Å²) in [5, 5.41) is 0.00908. The minimum absolute atomic E-state index is 0.00908.